The van der Waals surface area contributed by atoms with Crippen molar-refractivity contribution in [1.29, 1.82) is 0 Å². The monoisotopic (exact) mass is 464 g/mol. The molecule has 178 valence electrons. The summed E-state index contributed by atoms with van der Waals surface area (Å²) in [6.07, 6.45) is 8.73. The number of carbonyl (C=O) groups excluding carboxylic acids is 1. The van der Waals surface area contributed by atoms with Gasteiger partial charge >= 0.3 is 11.9 Å². The fourth-order valence-corrected chi connectivity index (χ4v) is 4.90. The van der Waals surface area contributed by atoms with Crippen molar-refractivity contribution in [2.75, 3.05) is 25.9 Å². The molecule has 1 saturated heterocycles. The molecule has 1 amide bonds. The number of amides is 1. The molecular weight excluding hydrogens is 428 g/mol. The van der Waals surface area contributed by atoms with E-state index >= 15 is 0 Å². The highest BCUT2D eigenvalue weighted by molar-refractivity contribution is 8.13. The summed E-state index contributed by atoms with van der Waals surface area (Å²) in [6, 6.07) is 4.17. The number of likely N-dealkylation sites (tertiary alicyclic amines) is 1. The Hall–Kier alpha value is -2.06. The van der Waals surface area contributed by atoms with E-state index in [4.69, 9.17) is 0 Å². The molecule has 0 radical (unpaired) electrons. The zero-order chi connectivity index (χ0) is 23.5. The first-order valence-corrected chi connectivity index (χ1v) is 12.5. The van der Waals surface area contributed by atoms with Crippen LogP contribution in [0, 0.1) is 0 Å². The lowest BCUT2D eigenvalue weighted by atomic mass is 10.0. The van der Waals surface area contributed by atoms with Crippen LogP contribution in [0.15, 0.2) is 18.2 Å². The van der Waals surface area contributed by atoms with Crippen LogP contribution in [0.25, 0.3) is 0 Å². The van der Waals surface area contributed by atoms with Crippen molar-refractivity contribution < 1.29 is 24.6 Å². The molecule has 0 aliphatic carbocycles. The Kier molecular flexibility index (Phi) is 11.0. The maximum Gasteiger partial charge on any atom is 0.335 e. The summed E-state index contributed by atoms with van der Waals surface area (Å²) in [7, 11) is 2.06. The number of piperidine rings is 1. The summed E-state index contributed by atoms with van der Waals surface area (Å²) in [5.41, 5.74) is 0.389. The maximum absolute atomic E-state index is 13.1. The third-order valence-corrected chi connectivity index (χ3v) is 6.90. The van der Waals surface area contributed by atoms with E-state index in [9.17, 15) is 24.6 Å². The number of unbranched alkanes of at least 4 members (excludes halogenated alkanes) is 5. The van der Waals surface area contributed by atoms with E-state index in [2.05, 4.69) is 18.9 Å². The van der Waals surface area contributed by atoms with Crippen LogP contribution >= 0.6 is 11.8 Å². The van der Waals surface area contributed by atoms with Crippen molar-refractivity contribution in [3.05, 3.63) is 34.9 Å². The summed E-state index contributed by atoms with van der Waals surface area (Å²) in [6.45, 7) is 4.20. The number of aromatic carboxylic acids is 2. The van der Waals surface area contributed by atoms with E-state index in [1.165, 1.54) is 49.6 Å². The first-order valence-electron chi connectivity index (χ1n) is 11.5. The fraction of sp³-hybridized carbons (Fsp3) is 0.625. The van der Waals surface area contributed by atoms with Crippen LogP contribution in [-0.4, -0.2) is 69.1 Å². The van der Waals surface area contributed by atoms with E-state index in [1.54, 1.807) is 0 Å². The molecule has 2 N–H and O–H groups in total. The lowest BCUT2D eigenvalue weighted by molar-refractivity contribution is 0.0696. The third-order valence-electron chi connectivity index (χ3n) is 5.93. The van der Waals surface area contributed by atoms with Crippen molar-refractivity contribution in [2.24, 2.45) is 0 Å². The van der Waals surface area contributed by atoms with Gasteiger partial charge in [0, 0.05) is 18.3 Å². The van der Waals surface area contributed by atoms with Crippen LogP contribution in [0.5, 0.6) is 0 Å². The Morgan fingerprint density at radius 2 is 1.53 bits per heavy atom. The average Bonchev–Trinajstić information content (AvgIpc) is 2.77. The highest BCUT2D eigenvalue weighted by Gasteiger charge is 2.28. The molecule has 32 heavy (non-hydrogen) atoms. The van der Waals surface area contributed by atoms with E-state index in [0.717, 1.165) is 50.6 Å². The zero-order valence-corrected chi connectivity index (χ0v) is 20.0. The SMILES string of the molecule is CCCCCCCCSC(=O)N(Cc1cc(C(=O)O)cc(C(=O)O)c1)C1CCN(C)CC1. The fourth-order valence-electron chi connectivity index (χ4n) is 4.00. The average molecular weight is 465 g/mol. The minimum absolute atomic E-state index is 0.00860. The van der Waals surface area contributed by atoms with Crippen molar-refractivity contribution in [3.63, 3.8) is 0 Å². The second-order valence-electron chi connectivity index (χ2n) is 8.57. The van der Waals surface area contributed by atoms with Gasteiger partial charge in [0.05, 0.1) is 11.1 Å². The van der Waals surface area contributed by atoms with Gasteiger partial charge in [-0.05, 0) is 63.2 Å². The Labute approximate surface area is 195 Å². The molecule has 1 aliphatic rings. The molecule has 0 bridgehead atoms. The Morgan fingerprint density at radius 3 is 2.09 bits per heavy atom. The third kappa shape index (κ3) is 8.47. The number of hydrogen-bond donors (Lipinski definition) is 2. The van der Waals surface area contributed by atoms with Crippen molar-refractivity contribution in [3.8, 4) is 0 Å². The smallest absolute Gasteiger partial charge is 0.335 e. The summed E-state index contributed by atoms with van der Waals surface area (Å²) in [5.74, 6) is -1.59. The number of carboxylic acid groups (broad SMARTS) is 2. The first-order chi connectivity index (χ1) is 15.3. The van der Waals surface area contributed by atoms with Crippen molar-refractivity contribution >= 4 is 28.9 Å². The highest BCUT2D eigenvalue weighted by Crippen LogP contribution is 2.25. The number of carbonyl (C=O) groups is 3. The van der Waals surface area contributed by atoms with Gasteiger partial charge in [0.15, 0.2) is 0 Å². The van der Waals surface area contributed by atoms with Gasteiger partial charge in [0.1, 0.15) is 0 Å². The highest BCUT2D eigenvalue weighted by atomic mass is 32.2. The lowest BCUT2D eigenvalue weighted by Crippen LogP contribution is -2.45. The summed E-state index contributed by atoms with van der Waals surface area (Å²) in [4.78, 5) is 40.1. The summed E-state index contributed by atoms with van der Waals surface area (Å²) < 4.78 is 0. The number of nitrogens with zero attached hydrogens (tertiary/aromatic N) is 2. The number of benzene rings is 1. The van der Waals surface area contributed by atoms with Gasteiger partial charge in [0.2, 0.25) is 0 Å². The minimum Gasteiger partial charge on any atom is -0.478 e. The first kappa shape index (κ1) is 26.2. The predicted octanol–water partition coefficient (Wildman–Crippen LogP) is 5.19. The van der Waals surface area contributed by atoms with Crippen LogP contribution in [0.1, 0.15) is 84.6 Å². The molecular formula is C24H36N2O5S. The van der Waals surface area contributed by atoms with Gasteiger partial charge in [-0.2, -0.15) is 0 Å². The van der Waals surface area contributed by atoms with Gasteiger partial charge in [-0.1, -0.05) is 50.8 Å². The van der Waals surface area contributed by atoms with Crippen molar-refractivity contribution in [2.45, 2.75) is 70.9 Å². The molecule has 1 heterocycles. The van der Waals surface area contributed by atoms with Gasteiger partial charge in [-0.15, -0.1) is 0 Å². The number of carboxylic acids is 2. The number of rotatable bonds is 12. The summed E-state index contributed by atoms with van der Waals surface area (Å²) >= 11 is 1.32. The van der Waals surface area contributed by atoms with Gasteiger partial charge < -0.3 is 20.0 Å². The van der Waals surface area contributed by atoms with Gasteiger partial charge in [-0.25, -0.2) is 9.59 Å². The van der Waals surface area contributed by atoms with E-state index in [0.29, 0.717) is 5.56 Å². The van der Waals surface area contributed by atoms with Crippen LogP contribution in [-0.2, 0) is 6.54 Å². The van der Waals surface area contributed by atoms with Crippen LogP contribution in [0.2, 0.25) is 0 Å². The van der Waals surface area contributed by atoms with Gasteiger partial charge in [0.25, 0.3) is 5.24 Å². The van der Waals surface area contributed by atoms with Crippen molar-refractivity contribution in [1.82, 2.24) is 9.80 Å². The molecule has 0 unspecified atom stereocenters. The second-order valence-corrected chi connectivity index (χ2v) is 9.62. The topological polar surface area (TPSA) is 98.2 Å². The lowest BCUT2D eigenvalue weighted by Gasteiger charge is -2.37. The molecule has 0 spiro atoms. The normalized spacial score (nSPS) is 14.9. The minimum atomic E-state index is -1.18. The molecule has 0 atom stereocenters. The van der Waals surface area contributed by atoms with E-state index in [-0.39, 0.29) is 29.0 Å². The van der Waals surface area contributed by atoms with Crippen LogP contribution in [0.3, 0.4) is 0 Å². The molecule has 8 heteroatoms. The van der Waals surface area contributed by atoms with E-state index in [1.807, 2.05) is 4.90 Å². The largest absolute Gasteiger partial charge is 0.478 e. The standard InChI is InChI=1S/C24H36N2O5S/c1-3-4-5-6-7-8-13-32-24(31)26(21-9-11-25(2)12-10-21)17-18-14-19(22(27)28)16-20(15-18)23(29)30/h14-16,21H,3-13,17H2,1-2H3,(H,27,28)(H,29,30). The Morgan fingerprint density at radius 1 is 0.969 bits per heavy atom. The quantitative estimate of drug-likeness (QED) is 0.411. The van der Waals surface area contributed by atoms with E-state index < -0.39 is 11.9 Å². The number of thioether (sulfide) groups is 1. The molecule has 1 aliphatic heterocycles. The molecule has 1 fully saturated rings. The maximum atomic E-state index is 13.1. The molecule has 2 rings (SSSR count). The zero-order valence-electron chi connectivity index (χ0n) is 19.2. The molecule has 1 aromatic rings. The second kappa shape index (κ2) is 13.5. The molecule has 0 aromatic heterocycles. The Balaban J connectivity index is 2.09. The molecule has 0 saturated carbocycles. The van der Waals surface area contributed by atoms with Crippen LogP contribution in [0.4, 0.5) is 4.79 Å². The Bertz CT molecular complexity index is 745. The van der Waals surface area contributed by atoms with Crippen LogP contribution < -0.4 is 0 Å². The molecule has 1 aromatic carbocycles. The summed E-state index contributed by atoms with van der Waals surface area (Å²) in [5, 5.41) is 18.7. The molecule has 7 nitrogen and oxygen atoms in total. The van der Waals surface area contributed by atoms with Gasteiger partial charge in [-0.3, -0.25) is 4.79 Å². The number of hydrogen-bond acceptors (Lipinski definition) is 5. The predicted molar refractivity (Wildman–Crippen MR) is 128 cm³/mol.